The fourth-order valence-electron chi connectivity index (χ4n) is 1.55. The van der Waals surface area contributed by atoms with Gasteiger partial charge in [0.2, 0.25) is 5.91 Å². The summed E-state index contributed by atoms with van der Waals surface area (Å²) in [6.45, 7) is 5.10. The van der Waals surface area contributed by atoms with Gasteiger partial charge in [0.25, 0.3) is 0 Å². The Labute approximate surface area is 108 Å². The van der Waals surface area contributed by atoms with Crippen LogP contribution in [0.15, 0.2) is 0 Å². The van der Waals surface area contributed by atoms with Crippen molar-refractivity contribution in [2.45, 2.75) is 32.8 Å². The lowest BCUT2D eigenvalue weighted by Crippen LogP contribution is -2.40. The van der Waals surface area contributed by atoms with Crippen molar-refractivity contribution < 1.29 is 19.1 Å². The fourth-order valence-corrected chi connectivity index (χ4v) is 1.55. The van der Waals surface area contributed by atoms with E-state index in [1.807, 2.05) is 13.8 Å². The number of hydrogen-bond donors (Lipinski definition) is 1. The van der Waals surface area contributed by atoms with Crippen molar-refractivity contribution in [2.75, 3.05) is 33.4 Å². The van der Waals surface area contributed by atoms with Crippen LogP contribution in [-0.4, -0.2) is 56.2 Å². The second-order valence-corrected chi connectivity index (χ2v) is 3.91. The number of nitrogens with two attached hydrogens (primary N) is 1. The molecule has 0 aliphatic carbocycles. The average molecular weight is 260 g/mol. The summed E-state index contributed by atoms with van der Waals surface area (Å²) in [5, 5.41) is 0. The van der Waals surface area contributed by atoms with Gasteiger partial charge in [-0.1, -0.05) is 6.92 Å². The van der Waals surface area contributed by atoms with Crippen LogP contribution in [0.3, 0.4) is 0 Å². The van der Waals surface area contributed by atoms with Crippen LogP contribution in [0.25, 0.3) is 0 Å². The highest BCUT2D eigenvalue weighted by molar-refractivity contribution is 5.82. The van der Waals surface area contributed by atoms with Gasteiger partial charge in [0.1, 0.15) is 6.54 Å². The zero-order chi connectivity index (χ0) is 14.0. The van der Waals surface area contributed by atoms with Crippen LogP contribution in [-0.2, 0) is 19.1 Å². The van der Waals surface area contributed by atoms with Crippen molar-refractivity contribution >= 4 is 11.9 Å². The molecule has 1 atom stereocenters. The number of amides is 1. The molecule has 0 aromatic heterocycles. The molecule has 0 radical (unpaired) electrons. The van der Waals surface area contributed by atoms with E-state index in [9.17, 15) is 9.59 Å². The molecule has 106 valence electrons. The van der Waals surface area contributed by atoms with Crippen LogP contribution in [0.2, 0.25) is 0 Å². The Bertz CT molecular complexity index is 258. The lowest BCUT2D eigenvalue weighted by molar-refractivity contribution is -0.148. The molecule has 0 saturated carbocycles. The molecular weight excluding hydrogens is 236 g/mol. The van der Waals surface area contributed by atoms with E-state index in [1.54, 1.807) is 0 Å². The Morgan fingerprint density at radius 2 is 2.00 bits per heavy atom. The molecule has 0 bridgehead atoms. The van der Waals surface area contributed by atoms with E-state index in [2.05, 4.69) is 4.74 Å². The highest BCUT2D eigenvalue weighted by Crippen LogP contribution is 2.03. The van der Waals surface area contributed by atoms with Crippen molar-refractivity contribution in [1.29, 1.82) is 0 Å². The first kappa shape index (κ1) is 16.9. The second kappa shape index (κ2) is 9.85. The molecule has 0 aliphatic rings. The minimum Gasteiger partial charge on any atom is -0.468 e. The van der Waals surface area contributed by atoms with Gasteiger partial charge in [0.05, 0.1) is 19.6 Å². The van der Waals surface area contributed by atoms with E-state index in [4.69, 9.17) is 10.5 Å². The summed E-state index contributed by atoms with van der Waals surface area (Å²) in [6.07, 6.45) is 0.686. The van der Waals surface area contributed by atoms with Crippen LogP contribution in [0.1, 0.15) is 26.7 Å². The molecule has 1 unspecified atom stereocenters. The van der Waals surface area contributed by atoms with Crippen LogP contribution in [0, 0.1) is 0 Å². The lowest BCUT2D eigenvalue weighted by atomic mass is 10.2. The number of methoxy groups -OCH3 is 1. The molecule has 0 heterocycles. The van der Waals surface area contributed by atoms with Crippen LogP contribution < -0.4 is 5.73 Å². The van der Waals surface area contributed by atoms with Crippen LogP contribution >= 0.6 is 0 Å². The van der Waals surface area contributed by atoms with E-state index < -0.39 is 5.97 Å². The lowest BCUT2D eigenvalue weighted by Gasteiger charge is -2.23. The maximum Gasteiger partial charge on any atom is 0.325 e. The zero-order valence-electron chi connectivity index (χ0n) is 11.5. The number of esters is 1. The number of ether oxygens (including phenoxy) is 2. The zero-order valence-corrected chi connectivity index (χ0v) is 11.5. The smallest absolute Gasteiger partial charge is 0.325 e. The normalized spacial score (nSPS) is 12.0. The molecular formula is C12H24N2O4. The summed E-state index contributed by atoms with van der Waals surface area (Å²) in [7, 11) is 1.31. The molecule has 1 amide bonds. The van der Waals surface area contributed by atoms with Crippen molar-refractivity contribution in [3.05, 3.63) is 0 Å². The highest BCUT2D eigenvalue weighted by Gasteiger charge is 2.20. The highest BCUT2D eigenvalue weighted by atomic mass is 16.5. The van der Waals surface area contributed by atoms with Crippen molar-refractivity contribution in [3.8, 4) is 0 Å². The van der Waals surface area contributed by atoms with Gasteiger partial charge in [0, 0.05) is 19.7 Å². The third kappa shape index (κ3) is 6.56. The topological polar surface area (TPSA) is 81.9 Å². The molecule has 0 aromatic carbocycles. The molecule has 0 rings (SSSR count). The Hall–Kier alpha value is -1.14. The van der Waals surface area contributed by atoms with Crippen LogP contribution in [0.4, 0.5) is 0 Å². The quantitative estimate of drug-likeness (QED) is 0.597. The molecule has 0 spiro atoms. The Kier molecular flexibility index (Phi) is 9.22. The van der Waals surface area contributed by atoms with Gasteiger partial charge in [-0.25, -0.2) is 0 Å². The average Bonchev–Trinajstić information content (AvgIpc) is 2.37. The van der Waals surface area contributed by atoms with Gasteiger partial charge in [-0.15, -0.1) is 0 Å². The molecule has 6 nitrogen and oxygen atoms in total. The summed E-state index contributed by atoms with van der Waals surface area (Å²) < 4.78 is 9.90. The van der Waals surface area contributed by atoms with E-state index in [-0.39, 0.29) is 31.5 Å². The molecule has 0 aromatic rings. The minimum absolute atomic E-state index is 0.0212. The van der Waals surface area contributed by atoms with Gasteiger partial charge in [0.15, 0.2) is 0 Å². The SMILES string of the molecule is CCCN(CC(=O)OC)C(=O)CC(CN)OCC. The first-order chi connectivity index (χ1) is 8.58. The van der Waals surface area contributed by atoms with Gasteiger partial charge in [-0.3, -0.25) is 9.59 Å². The molecule has 0 fully saturated rings. The minimum atomic E-state index is -0.419. The Morgan fingerprint density at radius 3 is 2.44 bits per heavy atom. The van der Waals surface area contributed by atoms with Gasteiger partial charge >= 0.3 is 5.97 Å². The number of rotatable bonds is 9. The van der Waals surface area contributed by atoms with E-state index in [1.165, 1.54) is 12.0 Å². The number of nitrogens with zero attached hydrogens (tertiary/aromatic N) is 1. The summed E-state index contributed by atoms with van der Waals surface area (Å²) >= 11 is 0. The van der Waals surface area contributed by atoms with Gasteiger partial charge in [-0.2, -0.15) is 0 Å². The first-order valence-electron chi connectivity index (χ1n) is 6.25. The van der Waals surface area contributed by atoms with E-state index >= 15 is 0 Å². The third-order valence-corrected chi connectivity index (χ3v) is 2.46. The summed E-state index contributed by atoms with van der Waals surface area (Å²) in [5.41, 5.74) is 5.52. The fraction of sp³-hybridized carbons (Fsp3) is 0.833. The molecule has 2 N–H and O–H groups in total. The van der Waals surface area contributed by atoms with E-state index in [0.29, 0.717) is 13.2 Å². The summed E-state index contributed by atoms with van der Waals surface area (Å²) in [4.78, 5) is 24.7. The molecule has 18 heavy (non-hydrogen) atoms. The third-order valence-electron chi connectivity index (χ3n) is 2.46. The molecule has 0 saturated heterocycles. The van der Waals surface area contributed by atoms with Crippen LogP contribution in [0.5, 0.6) is 0 Å². The first-order valence-corrected chi connectivity index (χ1v) is 6.25. The number of carbonyl (C=O) groups excluding carboxylic acids is 2. The molecule has 6 heteroatoms. The van der Waals surface area contributed by atoms with Crippen molar-refractivity contribution in [3.63, 3.8) is 0 Å². The standard InChI is InChI=1S/C12H24N2O4/c1-4-6-14(9-12(16)17-3)11(15)7-10(8-13)18-5-2/h10H,4-9,13H2,1-3H3. The largest absolute Gasteiger partial charge is 0.468 e. The van der Waals surface area contributed by atoms with Gasteiger partial charge < -0.3 is 20.1 Å². The second-order valence-electron chi connectivity index (χ2n) is 3.91. The summed E-state index contributed by atoms with van der Waals surface area (Å²) in [5.74, 6) is -0.552. The predicted molar refractivity (Wildman–Crippen MR) is 68.0 cm³/mol. The Balaban J connectivity index is 4.40. The molecule has 0 aliphatic heterocycles. The maximum absolute atomic E-state index is 12.0. The Morgan fingerprint density at radius 1 is 1.33 bits per heavy atom. The maximum atomic E-state index is 12.0. The van der Waals surface area contributed by atoms with Gasteiger partial charge in [-0.05, 0) is 13.3 Å². The number of carbonyl (C=O) groups is 2. The van der Waals surface area contributed by atoms with E-state index in [0.717, 1.165) is 6.42 Å². The monoisotopic (exact) mass is 260 g/mol. The number of hydrogen-bond acceptors (Lipinski definition) is 5. The predicted octanol–water partition coefficient (Wildman–Crippen LogP) is 0.152. The van der Waals surface area contributed by atoms with Crippen molar-refractivity contribution in [2.24, 2.45) is 5.73 Å². The summed E-state index contributed by atoms with van der Waals surface area (Å²) in [6, 6.07) is 0. The van der Waals surface area contributed by atoms with Crippen molar-refractivity contribution in [1.82, 2.24) is 4.90 Å².